The van der Waals surface area contributed by atoms with Gasteiger partial charge in [-0.05, 0) is 35.4 Å². The van der Waals surface area contributed by atoms with E-state index in [1.165, 1.54) is 6.07 Å². The minimum absolute atomic E-state index is 0.0625. The van der Waals surface area contributed by atoms with Crippen molar-refractivity contribution >= 4 is 16.8 Å². The molecule has 4 nitrogen and oxygen atoms in total. The van der Waals surface area contributed by atoms with Crippen molar-refractivity contribution in [2.24, 2.45) is 0 Å². The van der Waals surface area contributed by atoms with Gasteiger partial charge >= 0.3 is 5.63 Å². The zero-order valence-electron chi connectivity index (χ0n) is 14.4. The highest BCUT2D eigenvalue weighted by Gasteiger charge is 2.08. The summed E-state index contributed by atoms with van der Waals surface area (Å²) in [6, 6.07) is 25.6. The number of benzene rings is 3. The van der Waals surface area contributed by atoms with Crippen LogP contribution in [0.25, 0.3) is 22.1 Å². The largest absolute Gasteiger partial charge is 0.485 e. The fourth-order valence-corrected chi connectivity index (χ4v) is 2.85. The summed E-state index contributed by atoms with van der Waals surface area (Å²) in [7, 11) is 0. The van der Waals surface area contributed by atoms with Crippen molar-refractivity contribution in [2.75, 3.05) is 6.61 Å². The molecule has 0 bridgehead atoms. The van der Waals surface area contributed by atoms with Gasteiger partial charge in [-0.3, -0.25) is 4.79 Å². The van der Waals surface area contributed by atoms with Gasteiger partial charge in [-0.1, -0.05) is 54.6 Å². The van der Waals surface area contributed by atoms with Gasteiger partial charge in [0, 0.05) is 17.0 Å². The van der Waals surface area contributed by atoms with Crippen LogP contribution in [0.4, 0.5) is 0 Å². The van der Waals surface area contributed by atoms with Gasteiger partial charge in [0.15, 0.2) is 12.4 Å². The van der Waals surface area contributed by atoms with Gasteiger partial charge in [-0.2, -0.15) is 0 Å². The van der Waals surface area contributed by atoms with Crippen LogP contribution in [0.1, 0.15) is 10.4 Å². The minimum Gasteiger partial charge on any atom is -0.485 e. The van der Waals surface area contributed by atoms with Gasteiger partial charge in [0.25, 0.3) is 0 Å². The maximum Gasteiger partial charge on any atom is 0.336 e. The highest BCUT2D eigenvalue weighted by atomic mass is 16.5. The Morgan fingerprint density at radius 3 is 2.33 bits per heavy atom. The lowest BCUT2D eigenvalue weighted by atomic mass is 10.0. The highest BCUT2D eigenvalue weighted by molar-refractivity contribution is 5.97. The second kappa shape index (κ2) is 7.30. The second-order valence-corrected chi connectivity index (χ2v) is 6.11. The Hall–Kier alpha value is -3.66. The lowest BCUT2D eigenvalue weighted by Crippen LogP contribution is -2.11. The molecule has 132 valence electrons. The molecule has 0 radical (unpaired) electrons. The molecule has 0 aliphatic heterocycles. The number of Topliss-reactive ketones (excluding diaryl/α,β-unsaturated/α-hetero) is 1. The zero-order chi connectivity index (χ0) is 18.6. The number of carbonyl (C=O) groups is 1. The van der Waals surface area contributed by atoms with Gasteiger partial charge < -0.3 is 9.15 Å². The van der Waals surface area contributed by atoms with Gasteiger partial charge in [0.1, 0.15) is 11.3 Å². The van der Waals surface area contributed by atoms with Crippen LogP contribution in [0.15, 0.2) is 94.1 Å². The molecular formula is C23H16O4. The van der Waals surface area contributed by atoms with Gasteiger partial charge in [-0.25, -0.2) is 4.79 Å². The van der Waals surface area contributed by atoms with Crippen molar-refractivity contribution in [3.8, 4) is 16.9 Å². The Labute approximate surface area is 155 Å². The molecule has 1 heterocycles. The first kappa shape index (κ1) is 16.8. The lowest BCUT2D eigenvalue weighted by Gasteiger charge is -2.07. The van der Waals surface area contributed by atoms with Crippen LogP contribution >= 0.6 is 0 Å². The van der Waals surface area contributed by atoms with Crippen molar-refractivity contribution in [1.82, 2.24) is 0 Å². The minimum atomic E-state index is -0.398. The monoisotopic (exact) mass is 356 g/mol. The Morgan fingerprint density at radius 1 is 0.815 bits per heavy atom. The number of hydrogen-bond acceptors (Lipinski definition) is 4. The predicted molar refractivity (Wildman–Crippen MR) is 104 cm³/mol. The first-order valence-corrected chi connectivity index (χ1v) is 8.54. The number of ether oxygens (including phenoxy) is 1. The average Bonchev–Trinajstić information content (AvgIpc) is 2.72. The van der Waals surface area contributed by atoms with Crippen molar-refractivity contribution in [3.05, 3.63) is 101 Å². The molecule has 27 heavy (non-hydrogen) atoms. The van der Waals surface area contributed by atoms with E-state index in [2.05, 4.69) is 0 Å². The highest BCUT2D eigenvalue weighted by Crippen LogP contribution is 2.21. The summed E-state index contributed by atoms with van der Waals surface area (Å²) in [5.74, 6) is 0.444. The van der Waals surface area contributed by atoms with Crippen LogP contribution in [-0.4, -0.2) is 12.4 Å². The van der Waals surface area contributed by atoms with Gasteiger partial charge in [-0.15, -0.1) is 0 Å². The maximum absolute atomic E-state index is 12.4. The van der Waals surface area contributed by atoms with E-state index in [-0.39, 0.29) is 12.4 Å². The van der Waals surface area contributed by atoms with Crippen LogP contribution in [0.2, 0.25) is 0 Å². The number of rotatable bonds is 5. The molecule has 1 aromatic heterocycles. The SMILES string of the molecule is O=C(COc1ccc2oc(=O)ccc2c1)c1ccc(-c2ccccc2)cc1. The molecular weight excluding hydrogens is 340 g/mol. The summed E-state index contributed by atoms with van der Waals surface area (Å²) >= 11 is 0. The normalized spacial score (nSPS) is 10.7. The zero-order valence-corrected chi connectivity index (χ0v) is 14.4. The maximum atomic E-state index is 12.4. The molecule has 0 N–H and O–H groups in total. The molecule has 4 rings (SSSR count). The molecule has 0 amide bonds. The molecule has 0 atom stereocenters. The van der Waals surface area contributed by atoms with E-state index >= 15 is 0 Å². The summed E-state index contributed by atoms with van der Waals surface area (Å²) in [5, 5.41) is 0.742. The smallest absolute Gasteiger partial charge is 0.336 e. The summed E-state index contributed by atoms with van der Waals surface area (Å²) < 4.78 is 10.7. The average molecular weight is 356 g/mol. The molecule has 0 saturated carbocycles. The van der Waals surface area contributed by atoms with Crippen LogP contribution in [0, 0.1) is 0 Å². The Balaban J connectivity index is 1.45. The molecule has 0 spiro atoms. The number of fused-ring (bicyclic) bond motifs is 1. The fourth-order valence-electron chi connectivity index (χ4n) is 2.85. The summed E-state index contributed by atoms with van der Waals surface area (Å²) in [6.07, 6.45) is 0. The first-order valence-electron chi connectivity index (χ1n) is 8.54. The van der Waals surface area contributed by atoms with Crippen molar-refractivity contribution < 1.29 is 13.9 Å². The quantitative estimate of drug-likeness (QED) is 0.383. The molecule has 3 aromatic carbocycles. The molecule has 0 unspecified atom stereocenters. The van der Waals surface area contributed by atoms with E-state index in [0.717, 1.165) is 16.5 Å². The molecule has 0 fully saturated rings. The van der Waals surface area contributed by atoms with E-state index in [4.69, 9.17) is 9.15 Å². The Bertz CT molecular complexity index is 1140. The van der Waals surface area contributed by atoms with E-state index in [0.29, 0.717) is 16.9 Å². The van der Waals surface area contributed by atoms with Crippen LogP contribution in [-0.2, 0) is 0 Å². The fraction of sp³-hybridized carbons (Fsp3) is 0.0435. The third kappa shape index (κ3) is 3.80. The first-order chi connectivity index (χ1) is 13.2. The summed E-state index contributed by atoms with van der Waals surface area (Å²) in [6.45, 7) is -0.0625. The van der Waals surface area contributed by atoms with Crippen LogP contribution in [0.5, 0.6) is 5.75 Å². The van der Waals surface area contributed by atoms with E-state index in [1.54, 1.807) is 24.3 Å². The molecule has 0 aliphatic rings. The van der Waals surface area contributed by atoms with Crippen molar-refractivity contribution in [3.63, 3.8) is 0 Å². The number of carbonyl (C=O) groups excluding carboxylic acids is 1. The number of ketones is 1. The summed E-state index contributed by atoms with van der Waals surface area (Å²) in [4.78, 5) is 23.6. The Morgan fingerprint density at radius 2 is 1.56 bits per heavy atom. The summed E-state index contributed by atoms with van der Waals surface area (Å²) in [5.41, 5.74) is 2.85. The number of hydrogen-bond donors (Lipinski definition) is 0. The standard InChI is InChI=1S/C23H16O4/c24-21(18-8-6-17(7-9-18)16-4-2-1-3-5-16)15-26-20-11-12-22-19(14-20)10-13-23(25)27-22/h1-14H,15H2. The van der Waals surface area contributed by atoms with E-state index in [1.807, 2.05) is 54.6 Å². The Kier molecular flexibility index (Phi) is 4.54. The lowest BCUT2D eigenvalue weighted by molar-refractivity contribution is 0.0921. The van der Waals surface area contributed by atoms with E-state index in [9.17, 15) is 9.59 Å². The molecule has 4 heteroatoms. The van der Waals surface area contributed by atoms with E-state index < -0.39 is 5.63 Å². The van der Waals surface area contributed by atoms with Crippen molar-refractivity contribution in [2.45, 2.75) is 0 Å². The third-order valence-corrected chi connectivity index (χ3v) is 4.27. The topological polar surface area (TPSA) is 56.5 Å². The second-order valence-electron chi connectivity index (χ2n) is 6.11. The predicted octanol–water partition coefficient (Wildman–Crippen LogP) is 4.72. The molecule has 4 aromatic rings. The van der Waals surface area contributed by atoms with Gasteiger partial charge in [0.05, 0.1) is 0 Å². The van der Waals surface area contributed by atoms with Crippen molar-refractivity contribution in [1.29, 1.82) is 0 Å². The third-order valence-electron chi connectivity index (χ3n) is 4.27. The van der Waals surface area contributed by atoms with Crippen LogP contribution < -0.4 is 10.4 Å². The van der Waals surface area contributed by atoms with Gasteiger partial charge in [0.2, 0.25) is 0 Å². The van der Waals surface area contributed by atoms with Crippen LogP contribution in [0.3, 0.4) is 0 Å². The molecule has 0 saturated heterocycles. The molecule has 0 aliphatic carbocycles.